The Balaban J connectivity index is 1.46. The molecule has 1 N–H and O–H groups in total. The number of benzene rings is 3. The van der Waals surface area contributed by atoms with Crippen molar-refractivity contribution in [1.82, 2.24) is 4.90 Å². The maximum Gasteiger partial charge on any atom is 0.254 e. The van der Waals surface area contributed by atoms with E-state index in [1.807, 2.05) is 77.7 Å². The predicted octanol–water partition coefficient (Wildman–Crippen LogP) is 4.77. The molecule has 4 heteroatoms. The van der Waals surface area contributed by atoms with Gasteiger partial charge in [-0.1, -0.05) is 66.7 Å². The lowest BCUT2D eigenvalue weighted by atomic mass is 9.94. The Morgan fingerprint density at radius 3 is 2.30 bits per heavy atom. The average Bonchev–Trinajstić information content (AvgIpc) is 2.80. The summed E-state index contributed by atoms with van der Waals surface area (Å²) in [4.78, 5) is 27.9. The second kappa shape index (κ2) is 9.40. The highest BCUT2D eigenvalue weighted by molar-refractivity contribution is 5.97. The van der Waals surface area contributed by atoms with Crippen LogP contribution >= 0.6 is 0 Å². The molecule has 1 aliphatic heterocycles. The predicted molar refractivity (Wildman–Crippen MR) is 119 cm³/mol. The first-order valence-corrected chi connectivity index (χ1v) is 10.5. The zero-order chi connectivity index (χ0) is 20.8. The van der Waals surface area contributed by atoms with E-state index in [0.29, 0.717) is 19.5 Å². The highest BCUT2D eigenvalue weighted by Crippen LogP contribution is 2.23. The van der Waals surface area contributed by atoms with Gasteiger partial charge in [-0.15, -0.1) is 0 Å². The Labute approximate surface area is 177 Å². The third-order valence-corrected chi connectivity index (χ3v) is 5.61. The molecule has 1 heterocycles. The largest absolute Gasteiger partial charge is 0.338 e. The standard InChI is InChI=1S/C26H26N2O2/c29-25(27-23-14-5-2-6-15-23)22-13-9-17-28(19-22)26(30)24-16-8-7-12-21(24)18-20-10-3-1-4-11-20/h1-8,10-12,14-16,22H,9,13,17-19H2,(H,27,29). The fourth-order valence-electron chi connectivity index (χ4n) is 4.01. The molecule has 0 aliphatic carbocycles. The lowest BCUT2D eigenvalue weighted by molar-refractivity contribution is -0.121. The van der Waals surface area contributed by atoms with E-state index in [1.54, 1.807) is 0 Å². The Morgan fingerprint density at radius 2 is 1.53 bits per heavy atom. The summed E-state index contributed by atoms with van der Waals surface area (Å²) in [6, 6.07) is 27.4. The molecule has 0 saturated carbocycles. The number of para-hydroxylation sites is 1. The van der Waals surface area contributed by atoms with Crippen molar-refractivity contribution in [3.63, 3.8) is 0 Å². The van der Waals surface area contributed by atoms with Gasteiger partial charge >= 0.3 is 0 Å². The number of likely N-dealkylation sites (tertiary alicyclic amines) is 1. The Bertz CT molecular complexity index is 1000. The van der Waals surface area contributed by atoms with Crippen LogP contribution in [0.5, 0.6) is 0 Å². The van der Waals surface area contributed by atoms with E-state index in [2.05, 4.69) is 17.4 Å². The van der Waals surface area contributed by atoms with Crippen molar-refractivity contribution < 1.29 is 9.59 Å². The SMILES string of the molecule is O=C(Nc1ccccc1)C1CCCN(C(=O)c2ccccc2Cc2ccccc2)C1. The van der Waals surface area contributed by atoms with Gasteiger partial charge in [-0.2, -0.15) is 0 Å². The molecule has 1 atom stereocenters. The van der Waals surface area contributed by atoms with E-state index in [0.717, 1.165) is 29.7 Å². The number of nitrogens with one attached hydrogen (secondary N) is 1. The summed E-state index contributed by atoms with van der Waals surface area (Å²) in [6.07, 6.45) is 2.35. The molecule has 0 radical (unpaired) electrons. The Morgan fingerprint density at radius 1 is 0.867 bits per heavy atom. The monoisotopic (exact) mass is 398 g/mol. The van der Waals surface area contributed by atoms with Crippen LogP contribution in [0.25, 0.3) is 0 Å². The van der Waals surface area contributed by atoms with Crippen molar-refractivity contribution in [3.05, 3.63) is 102 Å². The summed E-state index contributed by atoms with van der Waals surface area (Å²) in [7, 11) is 0. The minimum absolute atomic E-state index is 0.0127. The summed E-state index contributed by atoms with van der Waals surface area (Å²) < 4.78 is 0. The second-order valence-corrected chi connectivity index (χ2v) is 7.77. The third-order valence-electron chi connectivity index (χ3n) is 5.61. The van der Waals surface area contributed by atoms with Gasteiger partial charge < -0.3 is 10.2 Å². The van der Waals surface area contributed by atoms with Crippen LogP contribution in [0, 0.1) is 5.92 Å². The van der Waals surface area contributed by atoms with Gasteiger partial charge in [0.15, 0.2) is 0 Å². The molecule has 3 aromatic rings. The summed E-state index contributed by atoms with van der Waals surface area (Å²) in [5, 5.41) is 2.98. The number of nitrogens with zero attached hydrogens (tertiary/aromatic N) is 1. The molecule has 152 valence electrons. The van der Waals surface area contributed by atoms with Crippen LogP contribution in [0.4, 0.5) is 5.69 Å². The van der Waals surface area contributed by atoms with Gasteiger partial charge in [-0.25, -0.2) is 0 Å². The molecular weight excluding hydrogens is 372 g/mol. The number of carbonyl (C=O) groups is 2. The summed E-state index contributed by atoms with van der Waals surface area (Å²) in [5.74, 6) is -0.195. The van der Waals surface area contributed by atoms with Crippen LogP contribution in [0.2, 0.25) is 0 Å². The van der Waals surface area contributed by atoms with Crippen molar-refractivity contribution in [2.75, 3.05) is 18.4 Å². The van der Waals surface area contributed by atoms with E-state index in [1.165, 1.54) is 5.56 Å². The first-order chi connectivity index (χ1) is 14.7. The average molecular weight is 399 g/mol. The van der Waals surface area contributed by atoms with Crippen molar-refractivity contribution in [1.29, 1.82) is 0 Å². The maximum absolute atomic E-state index is 13.3. The lowest BCUT2D eigenvalue weighted by Gasteiger charge is -2.32. The molecule has 4 rings (SSSR count). The number of hydrogen-bond donors (Lipinski definition) is 1. The van der Waals surface area contributed by atoms with Crippen LogP contribution in [0.3, 0.4) is 0 Å². The summed E-state index contributed by atoms with van der Waals surface area (Å²) in [6.45, 7) is 1.14. The normalized spacial score (nSPS) is 16.1. The molecule has 1 saturated heterocycles. The van der Waals surface area contributed by atoms with Crippen molar-refractivity contribution in [2.45, 2.75) is 19.3 Å². The lowest BCUT2D eigenvalue weighted by Crippen LogP contribution is -2.44. The fraction of sp³-hybridized carbons (Fsp3) is 0.231. The summed E-state index contributed by atoms with van der Waals surface area (Å²) >= 11 is 0. The van der Waals surface area contributed by atoms with Gasteiger partial charge in [0, 0.05) is 24.3 Å². The van der Waals surface area contributed by atoms with Gasteiger partial charge in [0.1, 0.15) is 0 Å². The van der Waals surface area contributed by atoms with Crippen LogP contribution in [0.15, 0.2) is 84.9 Å². The van der Waals surface area contributed by atoms with Crippen LogP contribution < -0.4 is 5.32 Å². The number of piperidine rings is 1. The van der Waals surface area contributed by atoms with Gasteiger partial charge in [0.05, 0.1) is 5.92 Å². The highest BCUT2D eigenvalue weighted by Gasteiger charge is 2.29. The van der Waals surface area contributed by atoms with Crippen molar-refractivity contribution in [2.24, 2.45) is 5.92 Å². The number of rotatable bonds is 5. The van der Waals surface area contributed by atoms with Gasteiger partial charge in [-0.3, -0.25) is 9.59 Å². The fourth-order valence-corrected chi connectivity index (χ4v) is 4.01. The minimum Gasteiger partial charge on any atom is -0.338 e. The van der Waals surface area contributed by atoms with Crippen molar-refractivity contribution in [3.8, 4) is 0 Å². The Kier molecular flexibility index (Phi) is 6.23. The first-order valence-electron chi connectivity index (χ1n) is 10.5. The zero-order valence-corrected chi connectivity index (χ0v) is 17.0. The Hall–Kier alpha value is -3.40. The molecule has 2 amide bonds. The number of anilines is 1. The molecule has 1 unspecified atom stereocenters. The maximum atomic E-state index is 13.3. The van der Waals surface area contributed by atoms with Crippen LogP contribution in [-0.4, -0.2) is 29.8 Å². The smallest absolute Gasteiger partial charge is 0.254 e. The number of amides is 2. The van der Waals surface area contributed by atoms with E-state index in [4.69, 9.17) is 0 Å². The van der Waals surface area contributed by atoms with Gasteiger partial charge in [0.25, 0.3) is 5.91 Å². The second-order valence-electron chi connectivity index (χ2n) is 7.77. The topological polar surface area (TPSA) is 49.4 Å². The van der Waals surface area contributed by atoms with E-state index in [-0.39, 0.29) is 17.7 Å². The number of hydrogen-bond acceptors (Lipinski definition) is 2. The van der Waals surface area contributed by atoms with E-state index < -0.39 is 0 Å². The minimum atomic E-state index is -0.191. The van der Waals surface area contributed by atoms with Crippen molar-refractivity contribution >= 4 is 17.5 Å². The van der Waals surface area contributed by atoms with Crippen LogP contribution in [0.1, 0.15) is 34.3 Å². The summed E-state index contributed by atoms with van der Waals surface area (Å²) in [5.41, 5.74) is 3.71. The molecule has 0 bridgehead atoms. The van der Waals surface area contributed by atoms with Crippen LogP contribution in [-0.2, 0) is 11.2 Å². The zero-order valence-electron chi connectivity index (χ0n) is 17.0. The molecule has 30 heavy (non-hydrogen) atoms. The molecule has 1 fully saturated rings. The highest BCUT2D eigenvalue weighted by atomic mass is 16.2. The van der Waals surface area contributed by atoms with Gasteiger partial charge in [0.2, 0.25) is 5.91 Å². The van der Waals surface area contributed by atoms with E-state index in [9.17, 15) is 9.59 Å². The first kappa shape index (κ1) is 19.9. The molecule has 4 nitrogen and oxygen atoms in total. The molecule has 3 aromatic carbocycles. The molecule has 0 spiro atoms. The van der Waals surface area contributed by atoms with E-state index >= 15 is 0 Å². The molecule has 0 aromatic heterocycles. The number of carbonyl (C=O) groups excluding carboxylic acids is 2. The quantitative estimate of drug-likeness (QED) is 0.673. The van der Waals surface area contributed by atoms with Gasteiger partial charge in [-0.05, 0) is 48.6 Å². The molecule has 1 aliphatic rings. The molecular formula is C26H26N2O2. The third kappa shape index (κ3) is 4.77.